The number of hydrogen-bond donors (Lipinski definition) is 2. The quantitative estimate of drug-likeness (QED) is 0.112. The fourth-order valence-corrected chi connectivity index (χ4v) is 9.84. The number of likely N-dealkylation sites (tertiary alicyclic amines) is 1. The minimum Gasteiger partial charge on any atom is -0.489 e. The van der Waals surface area contributed by atoms with E-state index in [1.807, 2.05) is 57.8 Å². The van der Waals surface area contributed by atoms with Gasteiger partial charge in [0, 0.05) is 80.2 Å². The van der Waals surface area contributed by atoms with E-state index in [0.29, 0.717) is 70.5 Å². The van der Waals surface area contributed by atoms with E-state index < -0.39 is 6.04 Å². The maximum atomic E-state index is 13.8. The Morgan fingerprint density at radius 2 is 1.71 bits per heavy atom. The number of piperazine rings is 1. The van der Waals surface area contributed by atoms with Crippen LogP contribution < -0.4 is 20.1 Å². The lowest BCUT2D eigenvalue weighted by molar-refractivity contribution is -0.140. The van der Waals surface area contributed by atoms with Crippen molar-refractivity contribution < 1.29 is 33.1 Å². The average molecular weight is 869 g/mol. The summed E-state index contributed by atoms with van der Waals surface area (Å²) >= 11 is 1.66. The Hall–Kier alpha value is -5.03. The molecule has 2 saturated heterocycles. The van der Waals surface area contributed by atoms with Gasteiger partial charge in [-0.1, -0.05) is 19.3 Å². The van der Waals surface area contributed by atoms with E-state index in [4.69, 9.17) is 18.7 Å². The predicted octanol–water partition coefficient (Wildman–Crippen LogP) is 5.64. The second-order valence-electron chi connectivity index (χ2n) is 16.9. The lowest BCUT2D eigenvalue weighted by Gasteiger charge is -2.39. The Morgan fingerprint density at radius 1 is 0.919 bits per heavy atom. The molecular weight excluding hydrogens is 809 g/mol. The van der Waals surface area contributed by atoms with Crippen LogP contribution in [0.25, 0.3) is 21.1 Å². The van der Waals surface area contributed by atoms with Gasteiger partial charge in [-0.3, -0.25) is 24.3 Å². The standard InChI is InChI=1S/C46H60N8O7S/c1-31-27-35-28-34(45(56)52-18-20-53(21-19-52)46(57)42(33-7-5-4-6-8-33)49-44(55)32(2)47-3)9-10-39(35)54(31)22-23-58-24-25-59-41-29-37(61-50-41)30-51-16-12-36(13-17-51)60-40-11-15-48-38-14-26-62-43(38)40/h9-11,14-15,26-29,32-33,36,42,47H,4-8,12-13,16-25,30H2,1-3H3,(H,49,55)/t32-,42-/m0/s1. The van der Waals surface area contributed by atoms with E-state index in [9.17, 15) is 14.4 Å². The summed E-state index contributed by atoms with van der Waals surface area (Å²) < 4.78 is 27.0. The van der Waals surface area contributed by atoms with E-state index in [-0.39, 0.29) is 35.8 Å². The molecule has 0 bridgehead atoms. The summed E-state index contributed by atoms with van der Waals surface area (Å²) in [4.78, 5) is 50.8. The number of fused-ring (bicyclic) bond motifs is 2. The SMILES string of the molecule is CN[C@@H](C)C(=O)N[C@H](C(=O)N1CCN(C(=O)c2ccc3c(c2)cc(C)n3CCOCCOc2cc(CN3CCC(Oc4ccnc5ccsc45)CC3)on2)CC1)C1CCCCC1. The molecule has 0 unspecified atom stereocenters. The van der Waals surface area contributed by atoms with Crippen molar-refractivity contribution in [1.29, 1.82) is 0 Å². The fraction of sp³-hybridized carbons (Fsp3) is 0.543. The van der Waals surface area contributed by atoms with Crippen LogP contribution >= 0.6 is 11.3 Å². The number of nitrogens with one attached hydrogen (secondary N) is 2. The Labute approximate surface area is 367 Å². The number of carbonyl (C=O) groups excluding carboxylic acids is 3. The Bertz CT molecular complexity index is 2290. The number of hydrogen-bond acceptors (Lipinski definition) is 12. The molecule has 62 heavy (non-hydrogen) atoms. The number of benzene rings is 1. The molecule has 15 nitrogen and oxygen atoms in total. The average Bonchev–Trinajstić information content (AvgIpc) is 4.05. The molecule has 3 fully saturated rings. The van der Waals surface area contributed by atoms with Crippen LogP contribution in [0.1, 0.15) is 73.7 Å². The number of ether oxygens (including phenoxy) is 3. The molecule has 8 rings (SSSR count). The number of piperidine rings is 1. The second kappa shape index (κ2) is 20.4. The molecule has 6 heterocycles. The normalized spacial score (nSPS) is 18.0. The van der Waals surface area contributed by atoms with Gasteiger partial charge in [-0.25, -0.2) is 0 Å². The van der Waals surface area contributed by atoms with Crippen LogP contribution in [0, 0.1) is 12.8 Å². The van der Waals surface area contributed by atoms with Gasteiger partial charge in [0.25, 0.3) is 11.8 Å². The molecule has 1 aliphatic carbocycles. The van der Waals surface area contributed by atoms with E-state index in [1.165, 1.54) is 6.42 Å². The lowest BCUT2D eigenvalue weighted by Crippen LogP contribution is -2.59. The summed E-state index contributed by atoms with van der Waals surface area (Å²) in [6.45, 7) is 10.1. The summed E-state index contributed by atoms with van der Waals surface area (Å²) in [5.74, 6) is 2.04. The number of nitrogens with zero attached hydrogens (tertiary/aromatic N) is 6. The molecule has 0 radical (unpaired) electrons. The first-order chi connectivity index (χ1) is 30.2. The maximum Gasteiger partial charge on any atom is 0.254 e. The van der Waals surface area contributed by atoms with Gasteiger partial charge in [0.15, 0.2) is 5.76 Å². The molecular formula is C46H60N8O7S. The first kappa shape index (κ1) is 43.6. The highest BCUT2D eigenvalue weighted by atomic mass is 32.1. The molecule has 2 atom stereocenters. The molecule has 3 amide bonds. The number of amides is 3. The van der Waals surface area contributed by atoms with Gasteiger partial charge in [-0.15, -0.1) is 11.3 Å². The van der Waals surface area contributed by atoms with Crippen LogP contribution in [0.3, 0.4) is 0 Å². The predicted molar refractivity (Wildman–Crippen MR) is 238 cm³/mol. The van der Waals surface area contributed by atoms with Crippen molar-refractivity contribution in [2.24, 2.45) is 5.92 Å². The third-order valence-corrected chi connectivity index (χ3v) is 13.7. The third-order valence-electron chi connectivity index (χ3n) is 12.7. The number of aryl methyl sites for hydroxylation is 1. The van der Waals surface area contributed by atoms with Crippen LogP contribution in [0.4, 0.5) is 0 Å². The highest BCUT2D eigenvalue weighted by Crippen LogP contribution is 2.32. The summed E-state index contributed by atoms with van der Waals surface area (Å²) in [6.07, 6.45) is 9.06. The molecule has 1 saturated carbocycles. The number of aromatic nitrogens is 3. The number of thiophene rings is 1. The molecule has 5 aromatic rings. The van der Waals surface area contributed by atoms with Crippen molar-refractivity contribution in [2.45, 2.75) is 90.1 Å². The topological polar surface area (TPSA) is 157 Å². The minimum absolute atomic E-state index is 0.0358. The van der Waals surface area contributed by atoms with Gasteiger partial charge in [0.1, 0.15) is 24.5 Å². The maximum absolute atomic E-state index is 13.8. The van der Waals surface area contributed by atoms with Gasteiger partial charge in [-0.2, -0.15) is 0 Å². The highest BCUT2D eigenvalue weighted by molar-refractivity contribution is 7.17. The summed E-state index contributed by atoms with van der Waals surface area (Å²) in [5, 5.41) is 13.2. The molecule has 2 N–H and O–H groups in total. The lowest BCUT2D eigenvalue weighted by atomic mass is 9.83. The van der Waals surface area contributed by atoms with E-state index >= 15 is 0 Å². The Kier molecular flexibility index (Phi) is 14.4. The van der Waals surface area contributed by atoms with Crippen molar-refractivity contribution in [2.75, 3.05) is 66.1 Å². The van der Waals surface area contributed by atoms with Crippen molar-refractivity contribution in [3.8, 4) is 11.6 Å². The van der Waals surface area contributed by atoms with Gasteiger partial charge in [0.2, 0.25) is 11.8 Å². The second-order valence-corrected chi connectivity index (χ2v) is 17.8. The zero-order chi connectivity index (χ0) is 43.0. The number of pyridine rings is 1. The van der Waals surface area contributed by atoms with Crippen LogP contribution in [0.15, 0.2) is 58.6 Å². The number of likely N-dealkylation sites (N-methyl/N-ethyl adjacent to an activating group) is 1. The van der Waals surface area contributed by atoms with Crippen molar-refractivity contribution in [3.63, 3.8) is 0 Å². The largest absolute Gasteiger partial charge is 0.489 e. The van der Waals surface area contributed by atoms with Crippen molar-refractivity contribution in [3.05, 3.63) is 71.1 Å². The van der Waals surface area contributed by atoms with Crippen molar-refractivity contribution in [1.82, 2.24) is 40.0 Å². The fourth-order valence-electron chi connectivity index (χ4n) is 9.03. The van der Waals surface area contributed by atoms with Gasteiger partial charge >= 0.3 is 0 Å². The van der Waals surface area contributed by atoms with Crippen LogP contribution in [0.2, 0.25) is 0 Å². The molecule has 2 aliphatic heterocycles. The molecule has 16 heteroatoms. The molecule has 1 aromatic carbocycles. The number of carbonyl (C=O) groups is 3. The van der Waals surface area contributed by atoms with Crippen LogP contribution in [-0.2, 0) is 27.4 Å². The molecule has 332 valence electrons. The van der Waals surface area contributed by atoms with Gasteiger partial charge in [-0.05, 0) is 99.4 Å². The van der Waals surface area contributed by atoms with Crippen molar-refractivity contribution >= 4 is 50.2 Å². The monoisotopic (exact) mass is 868 g/mol. The Morgan fingerprint density at radius 3 is 2.50 bits per heavy atom. The molecule has 3 aliphatic rings. The molecule has 4 aromatic heterocycles. The van der Waals surface area contributed by atoms with E-state index in [1.54, 1.807) is 25.3 Å². The van der Waals surface area contributed by atoms with Crippen LogP contribution in [0.5, 0.6) is 11.6 Å². The number of rotatable bonds is 17. The van der Waals surface area contributed by atoms with Gasteiger partial charge in [0.05, 0.1) is 36.0 Å². The van der Waals surface area contributed by atoms with E-state index in [0.717, 1.165) is 89.9 Å². The first-order valence-corrected chi connectivity index (χ1v) is 23.1. The first-order valence-electron chi connectivity index (χ1n) is 22.3. The minimum atomic E-state index is -0.536. The third kappa shape index (κ3) is 10.4. The summed E-state index contributed by atoms with van der Waals surface area (Å²) in [5.41, 5.74) is 3.73. The zero-order valence-corrected chi connectivity index (χ0v) is 37.0. The zero-order valence-electron chi connectivity index (χ0n) is 36.2. The smallest absolute Gasteiger partial charge is 0.254 e. The Balaban J connectivity index is 0.746. The summed E-state index contributed by atoms with van der Waals surface area (Å²) in [7, 11) is 1.74. The summed E-state index contributed by atoms with van der Waals surface area (Å²) in [6, 6.07) is 12.9. The van der Waals surface area contributed by atoms with Crippen LogP contribution in [-0.4, -0.2) is 131 Å². The van der Waals surface area contributed by atoms with Gasteiger partial charge < -0.3 is 43.7 Å². The van der Waals surface area contributed by atoms with E-state index in [2.05, 4.69) is 43.2 Å². The highest BCUT2D eigenvalue weighted by Gasteiger charge is 2.36. The molecule has 0 spiro atoms.